The fourth-order valence-electron chi connectivity index (χ4n) is 2.20. The molecule has 3 rings (SSSR count). The number of hydrogen-bond acceptors (Lipinski definition) is 7. The lowest BCUT2D eigenvalue weighted by Gasteiger charge is -2.48. The van der Waals surface area contributed by atoms with Gasteiger partial charge in [-0.05, 0) is 10.4 Å². The van der Waals surface area contributed by atoms with Gasteiger partial charge in [-0.3, -0.25) is 14.5 Å². The maximum Gasteiger partial charge on any atom is 0.355 e. The smallest absolute Gasteiger partial charge is 0.355 e. The summed E-state index contributed by atoms with van der Waals surface area (Å²) >= 11 is 1.05. The lowest BCUT2D eigenvalue weighted by Crippen LogP contribution is -2.70. The molecule has 2 N–H and O–H groups in total. The standard InChI is InChI=1S/C10H9FN6O4S/c11-4-2-22-9-6(8(19)17(9)7(4)10(20)21)13-5(18)1-16-3-12-14-15-16/h3,6,9H,1-2H2,(H,13,18)(H,20,21)/t6?,9-/m0/s1. The van der Waals surface area contributed by atoms with Gasteiger partial charge in [-0.1, -0.05) is 0 Å². The molecule has 2 amide bonds. The van der Waals surface area contributed by atoms with Crippen LogP contribution in [0.2, 0.25) is 0 Å². The minimum atomic E-state index is -1.50. The summed E-state index contributed by atoms with van der Waals surface area (Å²) in [6.45, 7) is -0.176. The minimum absolute atomic E-state index is 0.157. The van der Waals surface area contributed by atoms with Crippen LogP contribution in [0.25, 0.3) is 0 Å². The molecule has 12 heteroatoms. The number of tetrazole rings is 1. The molecule has 1 aromatic heterocycles. The molecule has 10 nitrogen and oxygen atoms in total. The molecule has 0 bridgehead atoms. The Kier molecular flexibility index (Phi) is 3.52. The highest BCUT2D eigenvalue weighted by molar-refractivity contribution is 8.00. The summed E-state index contributed by atoms with van der Waals surface area (Å²) in [6, 6.07) is -0.892. The molecule has 1 saturated heterocycles. The molecule has 0 radical (unpaired) electrons. The number of fused-ring (bicyclic) bond motifs is 1. The van der Waals surface area contributed by atoms with Gasteiger partial charge in [0.15, 0.2) is 5.70 Å². The molecule has 2 atom stereocenters. The van der Waals surface area contributed by atoms with Gasteiger partial charge in [-0.25, -0.2) is 13.9 Å². The normalized spacial score (nSPS) is 23.9. The number of carboxylic acids is 1. The number of amides is 2. The van der Waals surface area contributed by atoms with Crippen LogP contribution in [-0.2, 0) is 20.9 Å². The summed E-state index contributed by atoms with van der Waals surface area (Å²) in [5, 5.41) is 21.1. The second kappa shape index (κ2) is 5.36. The Morgan fingerprint density at radius 2 is 2.32 bits per heavy atom. The van der Waals surface area contributed by atoms with E-state index in [0.29, 0.717) is 0 Å². The molecule has 2 aliphatic rings. The molecule has 22 heavy (non-hydrogen) atoms. The third-order valence-electron chi connectivity index (χ3n) is 3.14. The van der Waals surface area contributed by atoms with E-state index in [2.05, 4.69) is 20.8 Å². The first-order valence-corrected chi connectivity index (χ1v) is 7.10. The Morgan fingerprint density at radius 1 is 1.55 bits per heavy atom. The summed E-state index contributed by atoms with van der Waals surface area (Å²) in [4.78, 5) is 35.7. The zero-order valence-corrected chi connectivity index (χ0v) is 11.7. The van der Waals surface area contributed by atoms with Crippen LogP contribution >= 0.6 is 11.8 Å². The number of carboxylic acid groups (broad SMARTS) is 1. The molecule has 2 aliphatic heterocycles. The third-order valence-corrected chi connectivity index (χ3v) is 4.38. The lowest BCUT2D eigenvalue weighted by atomic mass is 10.0. The number of aromatic nitrogens is 4. The molecule has 116 valence electrons. The van der Waals surface area contributed by atoms with Crippen LogP contribution in [0.15, 0.2) is 17.9 Å². The monoisotopic (exact) mass is 328 g/mol. The molecule has 1 fully saturated rings. The van der Waals surface area contributed by atoms with Gasteiger partial charge in [0.2, 0.25) is 5.91 Å². The molecule has 1 unspecified atom stereocenters. The maximum absolute atomic E-state index is 13.5. The highest BCUT2D eigenvalue weighted by atomic mass is 32.2. The highest BCUT2D eigenvalue weighted by Gasteiger charge is 2.54. The van der Waals surface area contributed by atoms with Gasteiger partial charge >= 0.3 is 5.97 Å². The van der Waals surface area contributed by atoms with E-state index in [4.69, 9.17) is 5.11 Å². The first kappa shape index (κ1) is 14.4. The predicted molar refractivity (Wildman–Crippen MR) is 68.6 cm³/mol. The van der Waals surface area contributed by atoms with Gasteiger partial charge in [-0.15, -0.1) is 16.9 Å². The van der Waals surface area contributed by atoms with E-state index in [-0.39, 0.29) is 12.3 Å². The van der Waals surface area contributed by atoms with E-state index in [1.54, 1.807) is 0 Å². The van der Waals surface area contributed by atoms with Crippen LogP contribution in [0.4, 0.5) is 4.39 Å². The lowest BCUT2D eigenvalue weighted by molar-refractivity contribution is -0.151. The van der Waals surface area contributed by atoms with Gasteiger partial charge in [0.25, 0.3) is 5.91 Å². The van der Waals surface area contributed by atoms with Crippen molar-refractivity contribution in [3.63, 3.8) is 0 Å². The van der Waals surface area contributed by atoms with Crippen molar-refractivity contribution in [2.45, 2.75) is 18.0 Å². The predicted octanol–water partition coefficient (Wildman–Crippen LogP) is -1.66. The van der Waals surface area contributed by atoms with Crippen LogP contribution in [-0.4, -0.2) is 65.2 Å². The number of thioether (sulfide) groups is 1. The summed E-state index contributed by atoms with van der Waals surface area (Å²) in [7, 11) is 0. The molecule has 0 saturated carbocycles. The number of halogens is 1. The van der Waals surface area contributed by atoms with E-state index >= 15 is 0 Å². The van der Waals surface area contributed by atoms with Crippen LogP contribution in [0, 0.1) is 0 Å². The number of carbonyl (C=O) groups is 3. The van der Waals surface area contributed by atoms with Crippen molar-refractivity contribution in [1.82, 2.24) is 30.4 Å². The third kappa shape index (κ3) is 2.30. The van der Waals surface area contributed by atoms with Crippen LogP contribution < -0.4 is 5.32 Å². The Bertz CT molecular complexity index is 677. The topological polar surface area (TPSA) is 130 Å². The van der Waals surface area contributed by atoms with Crippen LogP contribution in [0.1, 0.15) is 0 Å². The average Bonchev–Trinajstić information content (AvgIpc) is 2.97. The van der Waals surface area contributed by atoms with Gasteiger partial charge < -0.3 is 10.4 Å². The first-order chi connectivity index (χ1) is 10.5. The zero-order valence-electron chi connectivity index (χ0n) is 10.8. The molecule has 0 aliphatic carbocycles. The minimum Gasteiger partial charge on any atom is -0.476 e. The maximum atomic E-state index is 13.5. The van der Waals surface area contributed by atoms with E-state index in [1.165, 1.54) is 11.0 Å². The van der Waals surface area contributed by atoms with Crippen molar-refractivity contribution in [3.8, 4) is 0 Å². The second-order valence-corrected chi connectivity index (χ2v) is 5.63. The van der Waals surface area contributed by atoms with Crippen molar-refractivity contribution < 1.29 is 23.9 Å². The summed E-state index contributed by atoms with van der Waals surface area (Å²) in [5.41, 5.74) is -0.653. The van der Waals surface area contributed by atoms with Crippen molar-refractivity contribution in [3.05, 3.63) is 17.9 Å². The van der Waals surface area contributed by atoms with Crippen LogP contribution in [0.3, 0.4) is 0 Å². The number of rotatable bonds is 4. The fourth-order valence-corrected chi connectivity index (χ4v) is 3.39. The van der Waals surface area contributed by atoms with Gasteiger partial charge in [0, 0.05) is 5.75 Å². The molecular weight excluding hydrogens is 319 g/mol. The molecular formula is C10H9FN6O4S. The van der Waals surface area contributed by atoms with E-state index in [0.717, 1.165) is 16.7 Å². The Balaban J connectivity index is 1.68. The van der Waals surface area contributed by atoms with Gasteiger partial charge in [-0.2, -0.15) is 0 Å². The van der Waals surface area contributed by atoms with Gasteiger partial charge in [0.05, 0.1) is 0 Å². The number of nitrogens with zero attached hydrogens (tertiary/aromatic N) is 5. The number of aliphatic carboxylic acids is 1. The molecule has 0 spiro atoms. The molecule has 1 aromatic rings. The Labute approximate surface area is 126 Å². The average molecular weight is 328 g/mol. The first-order valence-electron chi connectivity index (χ1n) is 6.06. The second-order valence-electron chi connectivity index (χ2n) is 4.52. The summed E-state index contributed by atoms with van der Waals surface area (Å²) < 4.78 is 14.7. The SMILES string of the molecule is O=C(Cn1cnnn1)NC1C(=O)N2C(C(=O)O)=C(F)CS[C@@H]12. The molecule has 0 aromatic carbocycles. The fraction of sp³-hybridized carbons (Fsp3) is 0.400. The largest absolute Gasteiger partial charge is 0.476 e. The quantitative estimate of drug-likeness (QED) is 0.628. The number of carbonyl (C=O) groups excluding carboxylic acids is 2. The van der Waals surface area contributed by atoms with Gasteiger partial charge in [0.1, 0.15) is 30.1 Å². The summed E-state index contributed by atoms with van der Waals surface area (Å²) in [5.74, 6) is -3.68. The van der Waals surface area contributed by atoms with Crippen molar-refractivity contribution >= 4 is 29.5 Å². The Hall–Kier alpha value is -2.50. The molecule has 3 heterocycles. The number of β-lactam (4-membered cyclic amide) rings is 1. The highest BCUT2D eigenvalue weighted by Crippen LogP contribution is 2.40. The van der Waals surface area contributed by atoms with E-state index in [1.807, 2.05) is 0 Å². The van der Waals surface area contributed by atoms with Crippen molar-refractivity contribution in [1.29, 1.82) is 0 Å². The number of hydrogen-bond donors (Lipinski definition) is 2. The zero-order chi connectivity index (χ0) is 15.9. The Morgan fingerprint density at radius 3 is 2.95 bits per heavy atom. The summed E-state index contributed by atoms with van der Waals surface area (Å²) in [6.07, 6.45) is 1.24. The van der Waals surface area contributed by atoms with Crippen molar-refractivity contribution in [2.75, 3.05) is 5.75 Å². The van der Waals surface area contributed by atoms with Crippen LogP contribution in [0.5, 0.6) is 0 Å². The number of nitrogens with one attached hydrogen (secondary N) is 1. The van der Waals surface area contributed by atoms with E-state index < -0.39 is 40.7 Å². The van der Waals surface area contributed by atoms with E-state index in [9.17, 15) is 18.8 Å². The van der Waals surface area contributed by atoms with Crippen molar-refractivity contribution in [2.24, 2.45) is 0 Å².